The quantitative estimate of drug-likeness (QED) is 0.651. The molecule has 0 aliphatic carbocycles. The molecule has 0 unspecified atom stereocenters. The van der Waals surface area contributed by atoms with Crippen LogP contribution in [0.2, 0.25) is 5.02 Å². The van der Waals surface area contributed by atoms with Gasteiger partial charge in [0, 0.05) is 5.02 Å². The number of rotatable bonds is 5. The number of carbonyl (C=O) groups excluding carboxylic acids is 1. The lowest BCUT2D eigenvalue weighted by atomic mass is 10.2. The summed E-state index contributed by atoms with van der Waals surface area (Å²) < 4.78 is 12.1. The fraction of sp³-hybridized carbons (Fsp3) is 0.278. The van der Waals surface area contributed by atoms with Crippen LogP contribution in [-0.2, 0) is 11.3 Å². The fourth-order valence-corrected chi connectivity index (χ4v) is 2.84. The van der Waals surface area contributed by atoms with Crippen molar-refractivity contribution in [2.24, 2.45) is 0 Å². The zero-order valence-corrected chi connectivity index (χ0v) is 15.0. The third kappa shape index (κ3) is 3.44. The first-order chi connectivity index (χ1) is 12.0. The SMILES string of the molecule is CCOc1ccc(Cn2c(C)nc3ccc(C(=O)OC)nc32)c(Cl)c1. The monoisotopic (exact) mass is 359 g/mol. The van der Waals surface area contributed by atoms with Gasteiger partial charge in [0.2, 0.25) is 0 Å². The number of methoxy groups -OCH3 is 1. The second-order valence-corrected chi connectivity index (χ2v) is 5.87. The largest absolute Gasteiger partial charge is 0.494 e. The van der Waals surface area contributed by atoms with Crippen molar-refractivity contribution in [1.82, 2.24) is 14.5 Å². The highest BCUT2D eigenvalue weighted by Crippen LogP contribution is 2.25. The summed E-state index contributed by atoms with van der Waals surface area (Å²) in [4.78, 5) is 20.6. The lowest BCUT2D eigenvalue weighted by Gasteiger charge is -2.10. The smallest absolute Gasteiger partial charge is 0.356 e. The lowest BCUT2D eigenvalue weighted by molar-refractivity contribution is 0.0594. The number of esters is 1. The molecular formula is C18H18ClN3O3. The number of ether oxygens (including phenoxy) is 2. The van der Waals surface area contributed by atoms with E-state index >= 15 is 0 Å². The van der Waals surface area contributed by atoms with E-state index in [-0.39, 0.29) is 5.69 Å². The molecule has 130 valence electrons. The maximum atomic E-state index is 11.7. The van der Waals surface area contributed by atoms with E-state index in [1.165, 1.54) is 7.11 Å². The summed E-state index contributed by atoms with van der Waals surface area (Å²) in [6.07, 6.45) is 0. The molecule has 0 N–H and O–H groups in total. The van der Waals surface area contributed by atoms with Gasteiger partial charge in [-0.15, -0.1) is 0 Å². The molecule has 0 aliphatic rings. The van der Waals surface area contributed by atoms with Crippen LogP contribution in [0.4, 0.5) is 0 Å². The molecule has 0 radical (unpaired) electrons. The van der Waals surface area contributed by atoms with E-state index in [0.29, 0.717) is 29.3 Å². The maximum Gasteiger partial charge on any atom is 0.356 e. The average molecular weight is 360 g/mol. The van der Waals surface area contributed by atoms with Crippen LogP contribution in [0.25, 0.3) is 11.2 Å². The van der Waals surface area contributed by atoms with Gasteiger partial charge in [-0.2, -0.15) is 0 Å². The first kappa shape index (κ1) is 17.2. The van der Waals surface area contributed by atoms with Gasteiger partial charge in [-0.1, -0.05) is 17.7 Å². The van der Waals surface area contributed by atoms with Crippen molar-refractivity contribution in [2.75, 3.05) is 13.7 Å². The number of halogens is 1. The third-order valence-electron chi connectivity index (χ3n) is 3.84. The van der Waals surface area contributed by atoms with Crippen molar-refractivity contribution in [1.29, 1.82) is 0 Å². The number of aryl methyl sites for hydroxylation is 1. The van der Waals surface area contributed by atoms with Crippen LogP contribution in [0.1, 0.15) is 28.8 Å². The van der Waals surface area contributed by atoms with Crippen molar-refractivity contribution in [3.63, 3.8) is 0 Å². The third-order valence-corrected chi connectivity index (χ3v) is 4.19. The molecule has 3 aromatic rings. The van der Waals surface area contributed by atoms with Gasteiger partial charge in [0.1, 0.15) is 17.1 Å². The van der Waals surface area contributed by atoms with Gasteiger partial charge in [-0.3, -0.25) is 0 Å². The maximum absolute atomic E-state index is 11.7. The number of hydrogen-bond acceptors (Lipinski definition) is 5. The molecule has 0 amide bonds. The Morgan fingerprint density at radius 1 is 1.24 bits per heavy atom. The Kier molecular flexibility index (Phi) is 4.90. The Hall–Kier alpha value is -2.60. The predicted octanol–water partition coefficient (Wildman–Crippen LogP) is 3.63. The molecule has 0 saturated heterocycles. The van der Waals surface area contributed by atoms with E-state index in [4.69, 9.17) is 21.1 Å². The second-order valence-electron chi connectivity index (χ2n) is 5.46. The van der Waals surface area contributed by atoms with Crippen molar-refractivity contribution >= 4 is 28.7 Å². The molecule has 6 nitrogen and oxygen atoms in total. The number of nitrogens with zero attached hydrogens (tertiary/aromatic N) is 3. The summed E-state index contributed by atoms with van der Waals surface area (Å²) in [5.41, 5.74) is 2.49. The first-order valence-electron chi connectivity index (χ1n) is 7.87. The van der Waals surface area contributed by atoms with E-state index < -0.39 is 5.97 Å². The molecule has 0 spiro atoms. The van der Waals surface area contributed by atoms with Crippen LogP contribution in [-0.4, -0.2) is 34.2 Å². The molecule has 7 heteroatoms. The van der Waals surface area contributed by atoms with Gasteiger partial charge in [0.25, 0.3) is 0 Å². The van der Waals surface area contributed by atoms with E-state index in [0.717, 1.165) is 17.1 Å². The van der Waals surface area contributed by atoms with Crippen molar-refractivity contribution < 1.29 is 14.3 Å². The molecule has 0 bridgehead atoms. The number of imidazole rings is 1. The molecule has 0 aliphatic heterocycles. The highest BCUT2D eigenvalue weighted by atomic mass is 35.5. The van der Waals surface area contributed by atoms with Crippen LogP contribution >= 0.6 is 11.6 Å². The summed E-state index contributed by atoms with van der Waals surface area (Å²) in [7, 11) is 1.33. The summed E-state index contributed by atoms with van der Waals surface area (Å²) in [5, 5.41) is 0.608. The van der Waals surface area contributed by atoms with Gasteiger partial charge < -0.3 is 14.0 Å². The minimum Gasteiger partial charge on any atom is -0.494 e. The van der Waals surface area contributed by atoms with Crippen molar-refractivity contribution in [2.45, 2.75) is 20.4 Å². The summed E-state index contributed by atoms with van der Waals surface area (Å²) in [5.74, 6) is 1.04. The fourth-order valence-electron chi connectivity index (χ4n) is 2.61. The Balaban J connectivity index is 2.00. The zero-order chi connectivity index (χ0) is 18.0. The van der Waals surface area contributed by atoms with Crippen LogP contribution in [0.15, 0.2) is 30.3 Å². The Morgan fingerprint density at radius 3 is 2.72 bits per heavy atom. The second kappa shape index (κ2) is 7.11. The van der Waals surface area contributed by atoms with Gasteiger partial charge in [-0.05, 0) is 43.7 Å². The van der Waals surface area contributed by atoms with Crippen molar-refractivity contribution in [3.05, 3.63) is 52.4 Å². The van der Waals surface area contributed by atoms with Crippen LogP contribution in [0.3, 0.4) is 0 Å². The normalized spacial score (nSPS) is 10.9. The van der Waals surface area contributed by atoms with Gasteiger partial charge in [-0.25, -0.2) is 14.8 Å². The number of aromatic nitrogens is 3. The van der Waals surface area contributed by atoms with Gasteiger partial charge in [0.05, 0.1) is 20.3 Å². The van der Waals surface area contributed by atoms with Gasteiger partial charge >= 0.3 is 5.97 Å². The number of carbonyl (C=O) groups is 1. The molecule has 2 aromatic heterocycles. The minimum atomic E-state index is -0.480. The summed E-state index contributed by atoms with van der Waals surface area (Å²) >= 11 is 6.38. The molecule has 0 saturated carbocycles. The molecule has 2 heterocycles. The zero-order valence-electron chi connectivity index (χ0n) is 14.2. The molecule has 25 heavy (non-hydrogen) atoms. The standard InChI is InChI=1S/C18H18ClN3O3/c1-4-25-13-6-5-12(14(19)9-13)10-22-11(2)20-15-7-8-16(18(23)24-3)21-17(15)22/h5-9H,4,10H2,1-3H3. The van der Waals surface area contributed by atoms with E-state index in [2.05, 4.69) is 9.97 Å². The molecular weight excluding hydrogens is 342 g/mol. The predicted molar refractivity (Wildman–Crippen MR) is 95.3 cm³/mol. The number of benzene rings is 1. The molecule has 3 rings (SSSR count). The topological polar surface area (TPSA) is 66.2 Å². The molecule has 0 fully saturated rings. The molecule has 0 atom stereocenters. The first-order valence-corrected chi connectivity index (χ1v) is 8.24. The highest BCUT2D eigenvalue weighted by Gasteiger charge is 2.15. The van der Waals surface area contributed by atoms with E-state index in [9.17, 15) is 4.79 Å². The lowest BCUT2D eigenvalue weighted by Crippen LogP contribution is -2.07. The van der Waals surface area contributed by atoms with Crippen LogP contribution < -0.4 is 4.74 Å². The average Bonchev–Trinajstić information content (AvgIpc) is 2.91. The summed E-state index contributed by atoms with van der Waals surface area (Å²) in [6, 6.07) is 8.96. The highest BCUT2D eigenvalue weighted by molar-refractivity contribution is 6.31. The van der Waals surface area contributed by atoms with Crippen LogP contribution in [0, 0.1) is 6.92 Å². The van der Waals surface area contributed by atoms with Gasteiger partial charge in [0.15, 0.2) is 11.3 Å². The Bertz CT molecular complexity index is 937. The summed E-state index contributed by atoms with van der Waals surface area (Å²) in [6.45, 7) is 4.89. The molecule has 1 aromatic carbocycles. The van der Waals surface area contributed by atoms with Crippen LogP contribution in [0.5, 0.6) is 5.75 Å². The Labute approximate surface area is 150 Å². The van der Waals surface area contributed by atoms with Crippen molar-refractivity contribution in [3.8, 4) is 5.75 Å². The van der Waals surface area contributed by atoms with E-state index in [1.807, 2.05) is 30.5 Å². The number of fused-ring (bicyclic) bond motifs is 1. The Morgan fingerprint density at radius 2 is 2.04 bits per heavy atom. The number of hydrogen-bond donors (Lipinski definition) is 0. The minimum absolute atomic E-state index is 0.244. The number of pyridine rings is 1. The van der Waals surface area contributed by atoms with E-state index in [1.54, 1.807) is 18.2 Å².